The van der Waals surface area contributed by atoms with E-state index in [9.17, 15) is 9.59 Å². The molecule has 16 heavy (non-hydrogen) atoms. The maximum absolute atomic E-state index is 11.1. The molecule has 0 spiro atoms. The Bertz CT molecular complexity index is 245. The van der Waals surface area contributed by atoms with Gasteiger partial charge in [-0.05, 0) is 19.4 Å². The highest BCUT2D eigenvalue weighted by Gasteiger charge is 2.12. The molecular formula is C10H20N4O2. The lowest BCUT2D eigenvalue weighted by Gasteiger charge is -2.18. The number of unbranched alkanes of at least 4 members (excludes halogenated alkanes) is 1. The van der Waals surface area contributed by atoms with Crippen LogP contribution >= 0.6 is 0 Å². The maximum atomic E-state index is 11.1. The zero-order chi connectivity index (χ0) is 11.8. The second-order valence-electron chi connectivity index (χ2n) is 3.97. The summed E-state index contributed by atoms with van der Waals surface area (Å²) in [6.45, 7) is 3.37. The van der Waals surface area contributed by atoms with Gasteiger partial charge in [0.1, 0.15) is 0 Å². The zero-order valence-electron chi connectivity index (χ0n) is 9.50. The number of hydrogen-bond donors (Lipinski definition) is 3. The van der Waals surface area contributed by atoms with Gasteiger partial charge in [0.15, 0.2) is 0 Å². The molecule has 1 aliphatic heterocycles. The maximum Gasteiger partial charge on any atom is 0.233 e. The number of amides is 2. The molecule has 1 aliphatic rings. The Hall–Kier alpha value is -1.14. The zero-order valence-corrected chi connectivity index (χ0v) is 9.50. The third-order valence-corrected chi connectivity index (χ3v) is 2.69. The molecule has 6 heteroatoms. The SMILES string of the molecule is NNC(=O)CCCCN1CCNC(=O)CC1. The number of hydrogen-bond acceptors (Lipinski definition) is 4. The predicted molar refractivity (Wildman–Crippen MR) is 60.2 cm³/mol. The lowest BCUT2D eigenvalue weighted by atomic mass is 10.2. The van der Waals surface area contributed by atoms with Gasteiger partial charge >= 0.3 is 0 Å². The minimum absolute atomic E-state index is 0.118. The normalized spacial score (nSPS) is 17.7. The molecule has 6 nitrogen and oxygen atoms in total. The molecule has 1 saturated heterocycles. The highest BCUT2D eigenvalue weighted by molar-refractivity contribution is 5.76. The van der Waals surface area contributed by atoms with Crippen molar-refractivity contribution >= 4 is 11.8 Å². The van der Waals surface area contributed by atoms with E-state index in [1.807, 2.05) is 0 Å². The van der Waals surface area contributed by atoms with Crippen molar-refractivity contribution in [2.45, 2.75) is 25.7 Å². The quantitative estimate of drug-likeness (QED) is 0.243. The topological polar surface area (TPSA) is 87.5 Å². The number of rotatable bonds is 5. The summed E-state index contributed by atoms with van der Waals surface area (Å²) in [4.78, 5) is 24.2. The second-order valence-corrected chi connectivity index (χ2v) is 3.97. The van der Waals surface area contributed by atoms with Crippen LogP contribution < -0.4 is 16.6 Å². The minimum atomic E-state index is -0.118. The van der Waals surface area contributed by atoms with Crippen molar-refractivity contribution in [3.05, 3.63) is 0 Å². The number of carbonyl (C=O) groups excluding carboxylic acids is 2. The van der Waals surface area contributed by atoms with Gasteiger partial charge in [-0.2, -0.15) is 0 Å². The molecule has 2 amide bonds. The Kier molecular flexibility index (Phi) is 5.81. The van der Waals surface area contributed by atoms with Crippen molar-refractivity contribution in [1.82, 2.24) is 15.6 Å². The van der Waals surface area contributed by atoms with E-state index < -0.39 is 0 Å². The van der Waals surface area contributed by atoms with Gasteiger partial charge in [-0.15, -0.1) is 0 Å². The molecule has 92 valence electrons. The average molecular weight is 228 g/mol. The lowest BCUT2D eigenvalue weighted by Crippen LogP contribution is -2.31. The molecule has 0 bridgehead atoms. The van der Waals surface area contributed by atoms with Gasteiger partial charge in [-0.25, -0.2) is 5.84 Å². The van der Waals surface area contributed by atoms with Crippen molar-refractivity contribution in [2.75, 3.05) is 26.2 Å². The van der Waals surface area contributed by atoms with Crippen LogP contribution in [0.5, 0.6) is 0 Å². The number of carbonyl (C=O) groups is 2. The summed E-state index contributed by atoms with van der Waals surface area (Å²) < 4.78 is 0. The molecule has 0 aromatic carbocycles. The summed E-state index contributed by atoms with van der Waals surface area (Å²) in [7, 11) is 0. The first-order valence-electron chi connectivity index (χ1n) is 5.71. The van der Waals surface area contributed by atoms with E-state index in [0.29, 0.717) is 12.8 Å². The van der Waals surface area contributed by atoms with Gasteiger partial charge in [-0.3, -0.25) is 15.0 Å². The van der Waals surface area contributed by atoms with E-state index in [2.05, 4.69) is 15.6 Å². The van der Waals surface area contributed by atoms with Crippen LogP contribution in [0, 0.1) is 0 Å². The molecule has 1 heterocycles. The van der Waals surface area contributed by atoms with Gasteiger partial charge in [0, 0.05) is 32.5 Å². The standard InChI is InChI=1S/C10H20N4O2/c11-13-10(16)3-1-2-6-14-7-4-9(15)12-5-8-14/h1-8,11H2,(H,12,15)(H,13,16). The van der Waals surface area contributed by atoms with Crippen molar-refractivity contribution in [1.29, 1.82) is 0 Å². The Balaban J connectivity index is 2.08. The van der Waals surface area contributed by atoms with E-state index in [0.717, 1.165) is 39.0 Å². The van der Waals surface area contributed by atoms with Crippen molar-refractivity contribution < 1.29 is 9.59 Å². The summed E-state index contributed by atoms with van der Waals surface area (Å²) in [5.41, 5.74) is 2.11. The fourth-order valence-corrected chi connectivity index (χ4v) is 1.73. The number of nitrogens with one attached hydrogen (secondary N) is 2. The number of nitrogens with zero attached hydrogens (tertiary/aromatic N) is 1. The monoisotopic (exact) mass is 228 g/mol. The highest BCUT2D eigenvalue weighted by atomic mass is 16.2. The highest BCUT2D eigenvalue weighted by Crippen LogP contribution is 2.01. The first kappa shape index (κ1) is 12.9. The van der Waals surface area contributed by atoms with Gasteiger partial charge < -0.3 is 10.2 Å². The van der Waals surface area contributed by atoms with E-state index in [1.54, 1.807) is 0 Å². The van der Waals surface area contributed by atoms with Crippen molar-refractivity contribution in [2.24, 2.45) is 5.84 Å². The van der Waals surface area contributed by atoms with Crippen LogP contribution in [0.1, 0.15) is 25.7 Å². The molecule has 0 atom stereocenters. The third-order valence-electron chi connectivity index (χ3n) is 2.69. The van der Waals surface area contributed by atoms with Gasteiger partial charge in [0.05, 0.1) is 0 Å². The first-order chi connectivity index (χ1) is 7.72. The summed E-state index contributed by atoms with van der Waals surface area (Å²) in [5.74, 6) is 4.99. The van der Waals surface area contributed by atoms with E-state index >= 15 is 0 Å². The summed E-state index contributed by atoms with van der Waals surface area (Å²) in [6.07, 6.45) is 2.84. The van der Waals surface area contributed by atoms with Gasteiger partial charge in [-0.1, -0.05) is 0 Å². The van der Waals surface area contributed by atoms with Crippen LogP contribution in [0.3, 0.4) is 0 Å². The smallest absolute Gasteiger partial charge is 0.233 e. The molecule has 0 aromatic rings. The molecule has 0 unspecified atom stereocenters. The molecule has 1 rings (SSSR count). The Morgan fingerprint density at radius 2 is 2.25 bits per heavy atom. The Morgan fingerprint density at radius 3 is 3.00 bits per heavy atom. The molecule has 0 saturated carbocycles. The van der Waals surface area contributed by atoms with Gasteiger partial charge in [0.2, 0.25) is 11.8 Å². The largest absolute Gasteiger partial charge is 0.355 e. The summed E-state index contributed by atoms with van der Waals surface area (Å²) in [6, 6.07) is 0. The summed E-state index contributed by atoms with van der Waals surface area (Å²) in [5, 5.41) is 2.83. The first-order valence-corrected chi connectivity index (χ1v) is 5.71. The van der Waals surface area contributed by atoms with Crippen LogP contribution in [-0.2, 0) is 9.59 Å². The fourth-order valence-electron chi connectivity index (χ4n) is 1.73. The minimum Gasteiger partial charge on any atom is -0.355 e. The molecule has 0 aliphatic carbocycles. The second kappa shape index (κ2) is 7.19. The number of nitrogens with two attached hydrogens (primary N) is 1. The predicted octanol–water partition coefficient (Wildman–Crippen LogP) is -1.03. The van der Waals surface area contributed by atoms with Crippen molar-refractivity contribution in [3.63, 3.8) is 0 Å². The van der Waals surface area contributed by atoms with Crippen LogP contribution in [-0.4, -0.2) is 42.9 Å². The number of hydrazine groups is 1. The Labute approximate surface area is 95.5 Å². The fraction of sp³-hybridized carbons (Fsp3) is 0.800. The third kappa shape index (κ3) is 5.09. The summed E-state index contributed by atoms with van der Waals surface area (Å²) >= 11 is 0. The van der Waals surface area contributed by atoms with Crippen LogP contribution in [0.15, 0.2) is 0 Å². The lowest BCUT2D eigenvalue weighted by molar-refractivity contribution is -0.121. The molecule has 0 aromatic heterocycles. The molecule has 0 radical (unpaired) electrons. The molecule has 4 N–H and O–H groups in total. The van der Waals surface area contributed by atoms with E-state index in [-0.39, 0.29) is 11.8 Å². The average Bonchev–Trinajstić information content (AvgIpc) is 2.49. The van der Waals surface area contributed by atoms with Gasteiger partial charge in [0.25, 0.3) is 0 Å². The Morgan fingerprint density at radius 1 is 1.44 bits per heavy atom. The van der Waals surface area contributed by atoms with Crippen LogP contribution in [0.4, 0.5) is 0 Å². The molecular weight excluding hydrogens is 208 g/mol. The van der Waals surface area contributed by atoms with E-state index in [1.165, 1.54) is 0 Å². The van der Waals surface area contributed by atoms with Crippen LogP contribution in [0.2, 0.25) is 0 Å². The molecule has 1 fully saturated rings. The van der Waals surface area contributed by atoms with Crippen molar-refractivity contribution in [3.8, 4) is 0 Å². The van der Waals surface area contributed by atoms with E-state index in [4.69, 9.17) is 5.84 Å². The van der Waals surface area contributed by atoms with Crippen LogP contribution in [0.25, 0.3) is 0 Å².